The van der Waals surface area contributed by atoms with Crippen LogP contribution in [0.15, 0.2) is 59.0 Å². The van der Waals surface area contributed by atoms with Crippen molar-refractivity contribution in [3.63, 3.8) is 0 Å². The minimum absolute atomic E-state index is 0.137. The topological polar surface area (TPSA) is 51.0 Å². The standard InChI is InChI=1S/C23H27N3O/c1-23(2,3)19-13-11-18(12-14-19)22-26-25-20(27-22)15-24-21(17-9-10-17)16-7-5-4-6-8-16/h4-8,11-14,17,21,24H,9-10,15H2,1-3H3/t21-/m0/s1. The molecule has 0 aliphatic heterocycles. The zero-order valence-electron chi connectivity index (χ0n) is 16.3. The van der Waals surface area contributed by atoms with Gasteiger partial charge in [-0.2, -0.15) is 0 Å². The van der Waals surface area contributed by atoms with Gasteiger partial charge in [-0.15, -0.1) is 10.2 Å². The van der Waals surface area contributed by atoms with Crippen molar-refractivity contribution in [3.05, 3.63) is 71.6 Å². The van der Waals surface area contributed by atoms with Gasteiger partial charge in [-0.3, -0.25) is 0 Å². The molecule has 1 aromatic heterocycles. The average molecular weight is 361 g/mol. The first-order chi connectivity index (χ1) is 13.0. The fraction of sp³-hybridized carbons (Fsp3) is 0.391. The molecule has 0 bridgehead atoms. The predicted octanol–water partition coefficient (Wildman–Crippen LogP) is 5.28. The highest BCUT2D eigenvalue weighted by Gasteiger charge is 2.32. The summed E-state index contributed by atoms with van der Waals surface area (Å²) >= 11 is 0. The molecule has 2 aromatic carbocycles. The highest BCUT2D eigenvalue weighted by Crippen LogP contribution is 2.41. The van der Waals surface area contributed by atoms with Crippen molar-refractivity contribution in [1.29, 1.82) is 0 Å². The quantitative estimate of drug-likeness (QED) is 0.649. The van der Waals surface area contributed by atoms with Crippen molar-refractivity contribution in [1.82, 2.24) is 15.5 Å². The van der Waals surface area contributed by atoms with E-state index in [4.69, 9.17) is 4.42 Å². The first-order valence-corrected chi connectivity index (χ1v) is 9.72. The Labute approximate surface area is 161 Å². The minimum Gasteiger partial charge on any atom is -0.419 e. The maximum atomic E-state index is 5.90. The highest BCUT2D eigenvalue weighted by molar-refractivity contribution is 5.53. The van der Waals surface area contributed by atoms with E-state index >= 15 is 0 Å². The molecule has 140 valence electrons. The van der Waals surface area contributed by atoms with Gasteiger partial charge in [0.1, 0.15) is 0 Å². The largest absolute Gasteiger partial charge is 0.419 e. The second-order valence-corrected chi connectivity index (χ2v) is 8.43. The van der Waals surface area contributed by atoms with Crippen LogP contribution in [0.1, 0.15) is 56.7 Å². The monoisotopic (exact) mass is 361 g/mol. The normalized spacial score (nSPS) is 15.7. The summed E-state index contributed by atoms with van der Waals surface area (Å²) in [7, 11) is 0. The summed E-state index contributed by atoms with van der Waals surface area (Å²) < 4.78 is 5.90. The summed E-state index contributed by atoms with van der Waals surface area (Å²) in [5.41, 5.74) is 3.72. The van der Waals surface area contributed by atoms with Crippen LogP contribution in [0.5, 0.6) is 0 Å². The molecule has 1 saturated carbocycles. The van der Waals surface area contributed by atoms with Crippen molar-refractivity contribution in [2.75, 3.05) is 0 Å². The fourth-order valence-electron chi connectivity index (χ4n) is 3.40. The van der Waals surface area contributed by atoms with Crippen LogP contribution in [0.25, 0.3) is 11.5 Å². The first-order valence-electron chi connectivity index (χ1n) is 9.72. The van der Waals surface area contributed by atoms with Crippen LogP contribution in [0.4, 0.5) is 0 Å². The fourth-order valence-corrected chi connectivity index (χ4v) is 3.40. The van der Waals surface area contributed by atoms with E-state index in [-0.39, 0.29) is 5.41 Å². The van der Waals surface area contributed by atoms with Gasteiger partial charge in [0.25, 0.3) is 0 Å². The Kier molecular flexibility index (Phi) is 4.83. The van der Waals surface area contributed by atoms with Crippen LogP contribution in [-0.2, 0) is 12.0 Å². The van der Waals surface area contributed by atoms with E-state index in [0.717, 1.165) is 5.56 Å². The third-order valence-corrected chi connectivity index (χ3v) is 5.19. The number of nitrogens with one attached hydrogen (secondary N) is 1. The van der Waals surface area contributed by atoms with E-state index in [1.807, 2.05) is 0 Å². The highest BCUT2D eigenvalue weighted by atomic mass is 16.4. The van der Waals surface area contributed by atoms with E-state index in [9.17, 15) is 0 Å². The van der Waals surface area contributed by atoms with E-state index in [0.29, 0.717) is 30.3 Å². The summed E-state index contributed by atoms with van der Waals surface area (Å²) in [4.78, 5) is 0. The van der Waals surface area contributed by atoms with Crippen LogP contribution < -0.4 is 5.32 Å². The number of hydrogen-bond donors (Lipinski definition) is 1. The second-order valence-electron chi connectivity index (χ2n) is 8.43. The Bertz CT molecular complexity index is 874. The summed E-state index contributed by atoms with van der Waals surface area (Å²) in [6.45, 7) is 7.22. The molecule has 4 rings (SSSR count). The molecule has 1 atom stereocenters. The maximum absolute atomic E-state index is 5.90. The molecule has 0 amide bonds. The Morgan fingerprint density at radius 3 is 2.33 bits per heavy atom. The summed E-state index contributed by atoms with van der Waals surface area (Å²) in [5.74, 6) is 1.92. The zero-order chi connectivity index (χ0) is 18.9. The summed E-state index contributed by atoms with van der Waals surface area (Å²) in [5, 5.41) is 12.1. The average Bonchev–Trinajstić information content (AvgIpc) is 3.39. The van der Waals surface area contributed by atoms with Crippen molar-refractivity contribution < 1.29 is 4.42 Å². The van der Waals surface area contributed by atoms with Crippen LogP contribution in [0.3, 0.4) is 0 Å². The van der Waals surface area contributed by atoms with Crippen molar-refractivity contribution in [2.24, 2.45) is 5.92 Å². The smallest absolute Gasteiger partial charge is 0.247 e. The molecule has 3 aromatic rings. The molecule has 1 fully saturated rings. The molecule has 1 heterocycles. The number of nitrogens with zero attached hydrogens (tertiary/aromatic N) is 2. The number of rotatable bonds is 6. The van der Waals surface area contributed by atoms with Gasteiger partial charge in [0.15, 0.2) is 0 Å². The Balaban J connectivity index is 1.43. The third kappa shape index (κ3) is 4.28. The lowest BCUT2D eigenvalue weighted by Crippen LogP contribution is -2.22. The number of benzene rings is 2. The number of hydrogen-bond acceptors (Lipinski definition) is 4. The molecular formula is C23H27N3O. The van der Waals surface area contributed by atoms with Gasteiger partial charge in [0, 0.05) is 11.6 Å². The lowest BCUT2D eigenvalue weighted by Gasteiger charge is -2.18. The van der Waals surface area contributed by atoms with Crippen LogP contribution in [-0.4, -0.2) is 10.2 Å². The molecule has 1 aliphatic rings. The molecule has 0 unspecified atom stereocenters. The molecule has 4 nitrogen and oxygen atoms in total. The molecule has 0 saturated heterocycles. The molecule has 27 heavy (non-hydrogen) atoms. The molecule has 4 heteroatoms. The van der Waals surface area contributed by atoms with E-state index in [1.54, 1.807) is 0 Å². The molecule has 0 radical (unpaired) electrons. The Hall–Kier alpha value is -2.46. The summed E-state index contributed by atoms with van der Waals surface area (Å²) in [6.07, 6.45) is 2.56. The lowest BCUT2D eigenvalue weighted by molar-refractivity contribution is 0.420. The third-order valence-electron chi connectivity index (χ3n) is 5.19. The molecular weight excluding hydrogens is 334 g/mol. The molecule has 1 aliphatic carbocycles. The summed E-state index contributed by atoms with van der Waals surface area (Å²) in [6, 6.07) is 19.4. The van der Waals surface area contributed by atoms with Crippen molar-refractivity contribution >= 4 is 0 Å². The van der Waals surface area contributed by atoms with Crippen molar-refractivity contribution in [2.45, 2.75) is 51.6 Å². The predicted molar refractivity (Wildman–Crippen MR) is 107 cm³/mol. The minimum atomic E-state index is 0.137. The van der Waals surface area contributed by atoms with E-state index < -0.39 is 0 Å². The second kappa shape index (κ2) is 7.28. The van der Waals surface area contributed by atoms with Gasteiger partial charge >= 0.3 is 0 Å². The lowest BCUT2D eigenvalue weighted by atomic mass is 9.87. The zero-order valence-corrected chi connectivity index (χ0v) is 16.3. The van der Waals surface area contributed by atoms with Gasteiger partial charge < -0.3 is 9.73 Å². The van der Waals surface area contributed by atoms with Crippen LogP contribution >= 0.6 is 0 Å². The Morgan fingerprint density at radius 2 is 1.70 bits per heavy atom. The van der Waals surface area contributed by atoms with Gasteiger partial charge in [-0.05, 0) is 47.4 Å². The van der Waals surface area contributed by atoms with E-state index in [2.05, 4.69) is 90.9 Å². The van der Waals surface area contributed by atoms with Gasteiger partial charge in [0.2, 0.25) is 11.8 Å². The maximum Gasteiger partial charge on any atom is 0.247 e. The van der Waals surface area contributed by atoms with Gasteiger partial charge in [-0.1, -0.05) is 63.2 Å². The van der Waals surface area contributed by atoms with Gasteiger partial charge in [-0.25, -0.2) is 0 Å². The van der Waals surface area contributed by atoms with Crippen molar-refractivity contribution in [3.8, 4) is 11.5 Å². The molecule has 1 N–H and O–H groups in total. The molecule has 0 spiro atoms. The first kappa shape index (κ1) is 17.9. The van der Waals surface area contributed by atoms with E-state index in [1.165, 1.54) is 24.0 Å². The SMILES string of the molecule is CC(C)(C)c1ccc(-c2nnc(CN[C@@H](c3ccccc3)C3CC3)o2)cc1. The Morgan fingerprint density at radius 1 is 1.00 bits per heavy atom. The van der Waals surface area contributed by atoms with Gasteiger partial charge in [0.05, 0.1) is 6.54 Å². The van der Waals surface area contributed by atoms with Crippen LogP contribution in [0, 0.1) is 5.92 Å². The van der Waals surface area contributed by atoms with Crippen LogP contribution in [0.2, 0.25) is 0 Å². The number of aromatic nitrogens is 2.